The fourth-order valence-corrected chi connectivity index (χ4v) is 1.82. The number of halogens is 3. The Labute approximate surface area is 104 Å². The fourth-order valence-electron chi connectivity index (χ4n) is 1.35. The molecule has 94 valence electrons. The smallest absolute Gasteiger partial charge is 0.254 e. The number of hydrogen-bond donors (Lipinski definition) is 1. The summed E-state index contributed by atoms with van der Waals surface area (Å²) < 4.78 is 26.0. The van der Waals surface area contributed by atoms with E-state index in [0.29, 0.717) is 18.4 Å². The molecule has 0 unspecified atom stereocenters. The molecule has 17 heavy (non-hydrogen) atoms. The lowest BCUT2D eigenvalue weighted by Crippen LogP contribution is -2.44. The Morgan fingerprint density at radius 3 is 2.59 bits per heavy atom. The Bertz CT molecular complexity index is 421. The lowest BCUT2D eigenvalue weighted by molar-refractivity contribution is 0.0907. The van der Waals surface area contributed by atoms with E-state index < -0.39 is 23.1 Å². The van der Waals surface area contributed by atoms with E-state index in [0.717, 1.165) is 12.1 Å². The van der Waals surface area contributed by atoms with Crippen molar-refractivity contribution in [2.24, 2.45) is 0 Å². The van der Waals surface area contributed by atoms with Gasteiger partial charge in [0.2, 0.25) is 0 Å². The van der Waals surface area contributed by atoms with Gasteiger partial charge in [-0.05, 0) is 32.4 Å². The monoisotopic (exact) mass is 261 g/mol. The van der Waals surface area contributed by atoms with Crippen LogP contribution in [0, 0.1) is 11.6 Å². The lowest BCUT2D eigenvalue weighted by atomic mass is 10.0. The second-order valence-electron chi connectivity index (χ2n) is 4.40. The summed E-state index contributed by atoms with van der Waals surface area (Å²) in [4.78, 5) is 11.8. The van der Waals surface area contributed by atoms with E-state index in [1.807, 2.05) is 0 Å². The molecule has 1 aromatic rings. The van der Waals surface area contributed by atoms with Gasteiger partial charge in [0.15, 0.2) is 0 Å². The number of hydrogen-bond acceptors (Lipinski definition) is 1. The standard InChI is InChI=1S/C12H14ClF2NO/c1-12(2,5-6-13)16-11(17)9-4-3-8(14)7-10(9)15/h3-4,7H,5-6H2,1-2H3,(H,16,17). The fraction of sp³-hybridized carbons (Fsp3) is 0.417. The van der Waals surface area contributed by atoms with Crippen LogP contribution >= 0.6 is 11.6 Å². The van der Waals surface area contributed by atoms with Crippen LogP contribution < -0.4 is 5.32 Å². The first-order valence-electron chi connectivity index (χ1n) is 5.19. The van der Waals surface area contributed by atoms with Crippen LogP contribution in [0.25, 0.3) is 0 Å². The highest BCUT2D eigenvalue weighted by atomic mass is 35.5. The van der Waals surface area contributed by atoms with Crippen molar-refractivity contribution < 1.29 is 13.6 Å². The number of rotatable bonds is 4. The summed E-state index contributed by atoms with van der Waals surface area (Å²) in [5.41, 5.74) is -0.700. The van der Waals surface area contributed by atoms with E-state index in [-0.39, 0.29) is 5.56 Å². The van der Waals surface area contributed by atoms with Gasteiger partial charge < -0.3 is 5.32 Å². The topological polar surface area (TPSA) is 29.1 Å². The van der Waals surface area contributed by atoms with E-state index in [4.69, 9.17) is 11.6 Å². The summed E-state index contributed by atoms with van der Waals surface area (Å²) in [6, 6.07) is 2.85. The highest BCUT2D eigenvalue weighted by molar-refractivity contribution is 6.17. The molecule has 0 radical (unpaired) electrons. The molecule has 0 aliphatic rings. The van der Waals surface area contributed by atoms with Gasteiger partial charge in [-0.3, -0.25) is 4.79 Å². The first kappa shape index (κ1) is 13.9. The van der Waals surface area contributed by atoms with Crippen molar-refractivity contribution in [1.29, 1.82) is 0 Å². The molecule has 0 aromatic heterocycles. The number of carbonyl (C=O) groups is 1. The van der Waals surface area contributed by atoms with E-state index >= 15 is 0 Å². The largest absolute Gasteiger partial charge is 0.347 e. The van der Waals surface area contributed by atoms with Crippen molar-refractivity contribution in [3.05, 3.63) is 35.4 Å². The van der Waals surface area contributed by atoms with E-state index in [2.05, 4.69) is 5.32 Å². The average molecular weight is 262 g/mol. The maximum Gasteiger partial charge on any atom is 0.254 e. The minimum absolute atomic E-state index is 0.172. The second kappa shape index (κ2) is 5.45. The molecule has 1 N–H and O–H groups in total. The molecule has 0 fully saturated rings. The minimum atomic E-state index is -0.871. The van der Waals surface area contributed by atoms with E-state index in [9.17, 15) is 13.6 Å². The van der Waals surface area contributed by atoms with E-state index in [1.54, 1.807) is 13.8 Å². The van der Waals surface area contributed by atoms with Gasteiger partial charge in [-0.2, -0.15) is 0 Å². The molecule has 0 aliphatic carbocycles. The summed E-state index contributed by atoms with van der Waals surface area (Å²) in [6.07, 6.45) is 0.559. The van der Waals surface area contributed by atoms with Crippen LogP contribution in [-0.2, 0) is 0 Å². The molecule has 0 saturated carbocycles. The van der Waals surface area contributed by atoms with Crippen LogP contribution in [0.5, 0.6) is 0 Å². The number of alkyl halides is 1. The predicted molar refractivity (Wildman–Crippen MR) is 63.2 cm³/mol. The van der Waals surface area contributed by atoms with Gasteiger partial charge >= 0.3 is 0 Å². The summed E-state index contributed by atoms with van der Waals surface area (Å²) >= 11 is 5.59. The molecule has 0 spiro atoms. The Balaban J connectivity index is 2.83. The van der Waals surface area contributed by atoms with Gasteiger partial charge in [0, 0.05) is 17.5 Å². The normalized spacial score (nSPS) is 11.4. The molecule has 1 amide bonds. The van der Waals surface area contributed by atoms with Gasteiger partial charge in [0.05, 0.1) is 5.56 Å². The lowest BCUT2D eigenvalue weighted by Gasteiger charge is -2.25. The van der Waals surface area contributed by atoms with Crippen LogP contribution in [0.1, 0.15) is 30.6 Å². The average Bonchev–Trinajstić information content (AvgIpc) is 2.15. The first-order valence-corrected chi connectivity index (χ1v) is 5.73. The zero-order valence-electron chi connectivity index (χ0n) is 9.69. The van der Waals surface area contributed by atoms with Crippen molar-refractivity contribution in [1.82, 2.24) is 5.32 Å². The van der Waals surface area contributed by atoms with Crippen molar-refractivity contribution >= 4 is 17.5 Å². The number of amides is 1. The molecule has 1 rings (SSSR count). The Morgan fingerprint density at radius 1 is 1.41 bits per heavy atom. The molecule has 0 aliphatic heterocycles. The number of nitrogens with one attached hydrogen (secondary N) is 1. The van der Waals surface area contributed by atoms with Crippen molar-refractivity contribution in [2.75, 3.05) is 5.88 Å². The van der Waals surface area contributed by atoms with Crippen molar-refractivity contribution in [3.8, 4) is 0 Å². The van der Waals surface area contributed by atoms with E-state index in [1.165, 1.54) is 0 Å². The van der Waals surface area contributed by atoms with Gasteiger partial charge in [-0.1, -0.05) is 0 Å². The van der Waals surface area contributed by atoms with Gasteiger partial charge in [-0.25, -0.2) is 8.78 Å². The third-order valence-electron chi connectivity index (χ3n) is 2.35. The quantitative estimate of drug-likeness (QED) is 0.829. The number of carbonyl (C=O) groups excluding carboxylic acids is 1. The third-order valence-corrected chi connectivity index (χ3v) is 2.54. The highest BCUT2D eigenvalue weighted by Gasteiger charge is 2.22. The molecule has 0 saturated heterocycles. The molecule has 2 nitrogen and oxygen atoms in total. The maximum absolute atomic E-state index is 13.3. The van der Waals surface area contributed by atoms with Crippen LogP contribution in [0.15, 0.2) is 18.2 Å². The Morgan fingerprint density at radius 2 is 2.06 bits per heavy atom. The van der Waals surface area contributed by atoms with Gasteiger partial charge in [-0.15, -0.1) is 11.6 Å². The molecule has 1 aromatic carbocycles. The Kier molecular flexibility index (Phi) is 4.46. The molecule has 5 heteroatoms. The summed E-state index contributed by atoms with van der Waals surface area (Å²) in [5, 5.41) is 2.65. The van der Waals surface area contributed by atoms with Crippen molar-refractivity contribution in [3.63, 3.8) is 0 Å². The minimum Gasteiger partial charge on any atom is -0.347 e. The SMILES string of the molecule is CC(C)(CCCl)NC(=O)c1ccc(F)cc1F. The molecule has 0 atom stereocenters. The second-order valence-corrected chi connectivity index (χ2v) is 4.78. The summed E-state index contributed by atoms with van der Waals surface area (Å²) in [6.45, 7) is 3.57. The van der Waals surface area contributed by atoms with Crippen LogP contribution in [0.4, 0.5) is 8.78 Å². The van der Waals surface area contributed by atoms with Crippen molar-refractivity contribution in [2.45, 2.75) is 25.8 Å². The Hall–Kier alpha value is -1.16. The highest BCUT2D eigenvalue weighted by Crippen LogP contribution is 2.14. The zero-order chi connectivity index (χ0) is 13.1. The predicted octanol–water partition coefficient (Wildman–Crippen LogP) is 3.10. The zero-order valence-corrected chi connectivity index (χ0v) is 10.4. The summed E-state index contributed by atoms with van der Waals surface area (Å²) in [7, 11) is 0. The van der Waals surface area contributed by atoms with Crippen LogP contribution in [0.2, 0.25) is 0 Å². The number of benzene rings is 1. The van der Waals surface area contributed by atoms with Crippen LogP contribution in [0.3, 0.4) is 0 Å². The first-order chi connectivity index (χ1) is 7.85. The third kappa shape index (κ3) is 3.97. The maximum atomic E-state index is 13.3. The molecule has 0 heterocycles. The van der Waals surface area contributed by atoms with Gasteiger partial charge in [0.1, 0.15) is 11.6 Å². The van der Waals surface area contributed by atoms with Crippen LogP contribution in [-0.4, -0.2) is 17.3 Å². The van der Waals surface area contributed by atoms with Gasteiger partial charge in [0.25, 0.3) is 5.91 Å². The molecular formula is C12H14ClF2NO. The summed E-state index contributed by atoms with van der Waals surface area (Å²) in [5.74, 6) is -1.76. The molecular weight excluding hydrogens is 248 g/mol. The molecule has 0 bridgehead atoms.